The average Bonchev–Trinajstić information content (AvgIpc) is 2.24. The van der Waals surface area contributed by atoms with Crippen LogP contribution in [0.1, 0.15) is 40.5 Å². The lowest BCUT2D eigenvalue weighted by Gasteiger charge is -2.39. The second-order valence-corrected chi connectivity index (χ2v) is 6.60. The fourth-order valence-electron chi connectivity index (χ4n) is 2.94. The molecule has 5 heteroatoms. The van der Waals surface area contributed by atoms with E-state index in [-0.39, 0.29) is 22.5 Å². The quantitative estimate of drug-likeness (QED) is 0.408. The molecule has 0 bridgehead atoms. The molecule has 0 unspecified atom stereocenters. The van der Waals surface area contributed by atoms with Crippen molar-refractivity contribution < 1.29 is 4.79 Å². The average molecular weight is 283 g/mol. The van der Waals surface area contributed by atoms with E-state index in [9.17, 15) is 4.79 Å². The molecule has 0 heterocycles. The van der Waals surface area contributed by atoms with Gasteiger partial charge in [0.05, 0.1) is 0 Å². The highest BCUT2D eigenvalue weighted by Gasteiger charge is 2.39. The number of ketones is 1. The highest BCUT2D eigenvalue weighted by Crippen LogP contribution is 2.41. The number of allylic oxidation sites excluding steroid dienone is 2. The van der Waals surface area contributed by atoms with Gasteiger partial charge in [-0.1, -0.05) is 32.9 Å². The predicted molar refractivity (Wildman–Crippen MR) is 82.3 cm³/mol. The van der Waals surface area contributed by atoms with Crippen molar-refractivity contribution in [1.29, 1.82) is 0 Å². The fourth-order valence-corrected chi connectivity index (χ4v) is 3.00. The summed E-state index contributed by atoms with van der Waals surface area (Å²) in [5.74, 6) is 0.671. The smallest absolute Gasteiger partial charge is 0.178 e. The lowest BCUT2D eigenvalue weighted by atomic mass is 9.65. The minimum Gasteiger partial charge on any atom is -0.375 e. The van der Waals surface area contributed by atoms with E-state index < -0.39 is 0 Å². The standard InChI is InChI=1S/C14H25N3OS/c1-9-6-5-7-14(3,4)12(9)11(18)8-10(2)16-17-13(15)19/h5-6,9-10,12,16H,7-8H2,1-4H3,(H3,15,17,19)/t9-,10+,12-/m0/s1. The van der Waals surface area contributed by atoms with Gasteiger partial charge in [-0.2, -0.15) is 0 Å². The Morgan fingerprint density at radius 2 is 2.21 bits per heavy atom. The summed E-state index contributed by atoms with van der Waals surface area (Å²) in [6.07, 6.45) is 5.77. The molecule has 1 aliphatic rings. The van der Waals surface area contributed by atoms with Gasteiger partial charge in [-0.25, -0.2) is 5.43 Å². The van der Waals surface area contributed by atoms with E-state index in [1.165, 1.54) is 0 Å². The zero-order chi connectivity index (χ0) is 14.6. The molecule has 108 valence electrons. The molecule has 4 nitrogen and oxygen atoms in total. The van der Waals surface area contributed by atoms with Gasteiger partial charge in [-0.05, 0) is 36.9 Å². The molecule has 0 saturated carbocycles. The molecule has 1 aliphatic carbocycles. The molecular weight excluding hydrogens is 258 g/mol. The van der Waals surface area contributed by atoms with E-state index in [2.05, 4.69) is 43.8 Å². The van der Waals surface area contributed by atoms with Crippen molar-refractivity contribution >= 4 is 23.1 Å². The third kappa shape index (κ3) is 4.58. The van der Waals surface area contributed by atoms with Crippen molar-refractivity contribution in [3.05, 3.63) is 12.2 Å². The SMILES string of the molecule is C[C@H](CC(=O)[C@@H]1[C@@H](C)C=CCC1(C)C)NNC(N)=S. The largest absolute Gasteiger partial charge is 0.375 e. The first-order chi connectivity index (χ1) is 8.74. The maximum atomic E-state index is 12.5. The van der Waals surface area contributed by atoms with Gasteiger partial charge in [-0.3, -0.25) is 10.2 Å². The van der Waals surface area contributed by atoms with Gasteiger partial charge in [0, 0.05) is 18.4 Å². The van der Waals surface area contributed by atoms with E-state index in [4.69, 9.17) is 18.0 Å². The first-order valence-electron chi connectivity index (χ1n) is 6.74. The zero-order valence-electron chi connectivity index (χ0n) is 12.2. The summed E-state index contributed by atoms with van der Waals surface area (Å²) in [6, 6.07) is 0.00269. The number of rotatable bonds is 5. The molecule has 0 aromatic carbocycles. The number of nitrogens with one attached hydrogen (secondary N) is 2. The summed E-state index contributed by atoms with van der Waals surface area (Å²) in [5.41, 5.74) is 11.0. The normalized spacial score (nSPS) is 26.7. The minimum atomic E-state index is 0.00269. The van der Waals surface area contributed by atoms with Gasteiger partial charge in [0.2, 0.25) is 0 Å². The molecule has 0 radical (unpaired) electrons. The van der Waals surface area contributed by atoms with Crippen molar-refractivity contribution in [3.8, 4) is 0 Å². The first kappa shape index (κ1) is 16.1. The van der Waals surface area contributed by atoms with Crippen molar-refractivity contribution in [2.24, 2.45) is 23.0 Å². The third-order valence-corrected chi connectivity index (χ3v) is 3.85. The van der Waals surface area contributed by atoms with Gasteiger partial charge < -0.3 is 5.73 Å². The number of nitrogens with two attached hydrogens (primary N) is 1. The number of carbonyl (C=O) groups is 1. The van der Waals surface area contributed by atoms with Crippen molar-refractivity contribution in [2.75, 3.05) is 0 Å². The molecule has 0 aromatic rings. The van der Waals surface area contributed by atoms with Crippen LogP contribution in [0.3, 0.4) is 0 Å². The second kappa shape index (κ2) is 6.48. The van der Waals surface area contributed by atoms with E-state index in [1.54, 1.807) is 0 Å². The molecule has 3 atom stereocenters. The number of thiocarbonyl (C=S) groups is 1. The number of hydrogen-bond acceptors (Lipinski definition) is 3. The van der Waals surface area contributed by atoms with E-state index in [0.29, 0.717) is 18.1 Å². The number of hydrazine groups is 1. The minimum absolute atomic E-state index is 0.00269. The monoisotopic (exact) mass is 283 g/mol. The van der Waals surface area contributed by atoms with Gasteiger partial charge in [0.25, 0.3) is 0 Å². The Bertz CT molecular complexity index is 379. The van der Waals surface area contributed by atoms with Crippen LogP contribution in [0.4, 0.5) is 0 Å². The van der Waals surface area contributed by atoms with Gasteiger partial charge >= 0.3 is 0 Å². The van der Waals surface area contributed by atoms with Gasteiger partial charge in [0.15, 0.2) is 5.11 Å². The second-order valence-electron chi connectivity index (χ2n) is 6.16. The van der Waals surface area contributed by atoms with Crippen LogP contribution in [0.25, 0.3) is 0 Å². The molecular formula is C14H25N3OS. The van der Waals surface area contributed by atoms with E-state index >= 15 is 0 Å². The van der Waals surface area contributed by atoms with Crippen LogP contribution in [0.5, 0.6) is 0 Å². The van der Waals surface area contributed by atoms with Crippen LogP contribution in [0.2, 0.25) is 0 Å². The van der Waals surface area contributed by atoms with Gasteiger partial charge in [-0.15, -0.1) is 0 Å². The Kier molecular flexibility index (Phi) is 5.50. The summed E-state index contributed by atoms with van der Waals surface area (Å²) in [4.78, 5) is 12.5. The summed E-state index contributed by atoms with van der Waals surface area (Å²) in [6.45, 7) is 8.40. The van der Waals surface area contributed by atoms with Crippen molar-refractivity contribution in [3.63, 3.8) is 0 Å². The zero-order valence-corrected chi connectivity index (χ0v) is 13.0. The summed E-state index contributed by atoms with van der Waals surface area (Å²) in [5, 5.41) is 0.189. The molecule has 0 aromatic heterocycles. The molecule has 0 amide bonds. The highest BCUT2D eigenvalue weighted by atomic mass is 32.1. The third-order valence-electron chi connectivity index (χ3n) is 3.75. The molecule has 1 rings (SSSR count). The van der Waals surface area contributed by atoms with Crippen LogP contribution in [-0.4, -0.2) is 16.9 Å². The summed E-state index contributed by atoms with van der Waals surface area (Å²) in [7, 11) is 0. The van der Waals surface area contributed by atoms with Crippen LogP contribution in [0.15, 0.2) is 12.2 Å². The molecule has 0 spiro atoms. The van der Waals surface area contributed by atoms with Crippen LogP contribution < -0.4 is 16.6 Å². The maximum Gasteiger partial charge on any atom is 0.178 e. The lowest BCUT2D eigenvalue weighted by Crippen LogP contribution is -2.47. The highest BCUT2D eigenvalue weighted by molar-refractivity contribution is 7.80. The maximum absolute atomic E-state index is 12.5. The molecule has 0 saturated heterocycles. The first-order valence-corrected chi connectivity index (χ1v) is 7.15. The van der Waals surface area contributed by atoms with Crippen molar-refractivity contribution in [2.45, 2.75) is 46.6 Å². The summed E-state index contributed by atoms with van der Waals surface area (Å²) >= 11 is 4.72. The van der Waals surface area contributed by atoms with Crippen LogP contribution >= 0.6 is 12.2 Å². The Hall–Kier alpha value is -0.940. The Morgan fingerprint density at radius 3 is 2.74 bits per heavy atom. The molecule has 4 N–H and O–H groups in total. The van der Waals surface area contributed by atoms with E-state index in [1.807, 2.05) is 6.92 Å². The Labute approximate surface area is 121 Å². The lowest BCUT2D eigenvalue weighted by molar-refractivity contribution is -0.128. The molecule has 0 aliphatic heterocycles. The summed E-state index contributed by atoms with van der Waals surface area (Å²) < 4.78 is 0. The Morgan fingerprint density at radius 1 is 1.58 bits per heavy atom. The topological polar surface area (TPSA) is 67.2 Å². The molecule has 19 heavy (non-hydrogen) atoms. The Balaban J connectivity index is 2.61. The van der Waals surface area contributed by atoms with Crippen molar-refractivity contribution in [1.82, 2.24) is 10.9 Å². The number of Topliss-reactive ketones (excluding diaryl/α,β-unsaturated/α-hetero) is 1. The molecule has 0 fully saturated rings. The number of hydrogen-bond donors (Lipinski definition) is 3. The van der Waals surface area contributed by atoms with Crippen LogP contribution in [-0.2, 0) is 4.79 Å². The van der Waals surface area contributed by atoms with Gasteiger partial charge in [0.1, 0.15) is 5.78 Å². The predicted octanol–water partition coefficient (Wildman–Crippen LogP) is 1.91. The number of carbonyl (C=O) groups excluding carboxylic acids is 1. The van der Waals surface area contributed by atoms with E-state index in [0.717, 1.165) is 6.42 Å². The fraction of sp³-hybridized carbons (Fsp3) is 0.714. The van der Waals surface area contributed by atoms with Crippen LogP contribution in [0, 0.1) is 17.3 Å².